The zero-order valence-corrected chi connectivity index (χ0v) is 5.85. The molecule has 0 rings (SSSR count). The minimum absolute atomic E-state index is 0.400. The zero-order valence-electron chi connectivity index (χ0n) is 5.03. The van der Waals surface area contributed by atoms with Crippen molar-refractivity contribution in [3.63, 3.8) is 0 Å². The molecule has 52 valence electrons. The molecule has 8 heavy (non-hydrogen) atoms. The lowest BCUT2D eigenvalue weighted by Gasteiger charge is -2.25. The van der Waals surface area contributed by atoms with Gasteiger partial charge < -0.3 is 13.7 Å². The van der Waals surface area contributed by atoms with Crippen LogP contribution >= 0.6 is 10.9 Å². The normalized spacial score (nSPS) is 18.1. The van der Waals surface area contributed by atoms with E-state index in [-0.39, 0.29) is 0 Å². The van der Waals surface area contributed by atoms with Crippen molar-refractivity contribution in [1.82, 2.24) is 0 Å². The van der Waals surface area contributed by atoms with Crippen LogP contribution in [0, 0.1) is 0 Å². The van der Waals surface area contributed by atoms with Gasteiger partial charge in [0.1, 0.15) is 0 Å². The van der Waals surface area contributed by atoms with Crippen LogP contribution in [0.3, 0.4) is 0 Å². The molecule has 0 bridgehead atoms. The SMILES string of the molecule is CCC(C)S(O)(O)O. The summed E-state index contributed by atoms with van der Waals surface area (Å²) in [5, 5.41) is -0.400. The Kier molecular flexibility index (Phi) is 2.76. The van der Waals surface area contributed by atoms with Gasteiger partial charge in [-0.1, -0.05) is 6.92 Å². The molecule has 3 nitrogen and oxygen atoms in total. The summed E-state index contributed by atoms with van der Waals surface area (Å²) in [4.78, 5) is 0. The van der Waals surface area contributed by atoms with Crippen LogP contribution in [0.1, 0.15) is 20.3 Å². The van der Waals surface area contributed by atoms with Crippen LogP contribution in [-0.4, -0.2) is 18.9 Å². The maximum Gasteiger partial charge on any atom is 0.0838 e. The molecule has 4 heteroatoms. The Balaban J connectivity index is 3.62. The molecular formula is C4H12O3S. The molecule has 0 aromatic rings. The molecule has 0 aliphatic carbocycles. The smallest absolute Gasteiger partial charge is 0.0838 e. The van der Waals surface area contributed by atoms with E-state index in [0.29, 0.717) is 6.42 Å². The highest BCUT2D eigenvalue weighted by Crippen LogP contribution is 2.40. The summed E-state index contributed by atoms with van der Waals surface area (Å²) in [6.07, 6.45) is 0.582. The fourth-order valence-electron chi connectivity index (χ4n) is 0.224. The van der Waals surface area contributed by atoms with E-state index in [1.807, 2.05) is 0 Å². The van der Waals surface area contributed by atoms with Crippen molar-refractivity contribution in [2.75, 3.05) is 0 Å². The van der Waals surface area contributed by atoms with Crippen LogP contribution in [0.5, 0.6) is 0 Å². The van der Waals surface area contributed by atoms with Gasteiger partial charge in [-0.05, 0) is 13.3 Å². The first-order valence-corrected chi connectivity index (χ1v) is 4.04. The van der Waals surface area contributed by atoms with E-state index < -0.39 is 16.1 Å². The maximum absolute atomic E-state index is 8.48. The molecule has 3 N–H and O–H groups in total. The Hall–Kier alpha value is 0.230. The number of hydrogen-bond acceptors (Lipinski definition) is 3. The topological polar surface area (TPSA) is 60.7 Å². The van der Waals surface area contributed by atoms with E-state index in [4.69, 9.17) is 13.7 Å². The predicted molar refractivity (Wildman–Crippen MR) is 35.2 cm³/mol. The van der Waals surface area contributed by atoms with Crippen molar-refractivity contribution in [1.29, 1.82) is 0 Å². The summed E-state index contributed by atoms with van der Waals surface area (Å²) in [5.74, 6) is 0. The molecule has 0 aliphatic heterocycles. The van der Waals surface area contributed by atoms with Gasteiger partial charge >= 0.3 is 0 Å². The summed E-state index contributed by atoms with van der Waals surface area (Å²) in [6.45, 7) is 3.38. The van der Waals surface area contributed by atoms with Crippen LogP contribution in [0.15, 0.2) is 0 Å². The molecule has 0 heterocycles. The summed E-state index contributed by atoms with van der Waals surface area (Å²) in [6, 6.07) is 0. The van der Waals surface area contributed by atoms with E-state index in [1.54, 1.807) is 13.8 Å². The van der Waals surface area contributed by atoms with Gasteiger partial charge in [-0.25, -0.2) is 0 Å². The highest BCUT2D eigenvalue weighted by Gasteiger charge is 2.19. The average molecular weight is 140 g/mol. The Labute approximate surface area is 50.9 Å². The van der Waals surface area contributed by atoms with Crippen LogP contribution in [0.4, 0.5) is 0 Å². The Morgan fingerprint density at radius 2 is 1.75 bits per heavy atom. The van der Waals surface area contributed by atoms with E-state index >= 15 is 0 Å². The zero-order chi connectivity index (χ0) is 6.78. The van der Waals surface area contributed by atoms with Crippen molar-refractivity contribution in [2.24, 2.45) is 0 Å². The molecule has 1 atom stereocenters. The molecule has 1 unspecified atom stereocenters. The van der Waals surface area contributed by atoms with Crippen molar-refractivity contribution >= 4 is 10.9 Å². The van der Waals surface area contributed by atoms with Crippen molar-refractivity contribution < 1.29 is 13.7 Å². The summed E-state index contributed by atoms with van der Waals surface area (Å²) >= 11 is 0. The average Bonchev–Trinajstić information content (AvgIpc) is 1.62. The lowest BCUT2D eigenvalue weighted by Crippen LogP contribution is -2.11. The van der Waals surface area contributed by atoms with Gasteiger partial charge in [0, 0.05) is 0 Å². The van der Waals surface area contributed by atoms with Crippen LogP contribution < -0.4 is 0 Å². The second kappa shape index (κ2) is 2.68. The third-order valence-corrected chi connectivity index (χ3v) is 2.53. The standard InChI is InChI=1S/C4H12O3S/c1-3-4(2)8(5,6)7/h4-7H,3H2,1-2H3. The van der Waals surface area contributed by atoms with Gasteiger partial charge in [-0.3, -0.25) is 0 Å². The lowest BCUT2D eigenvalue weighted by atomic mass is 10.4. The first-order chi connectivity index (χ1) is 3.48. The van der Waals surface area contributed by atoms with Gasteiger partial charge in [-0.15, -0.1) is 0 Å². The third-order valence-electron chi connectivity index (χ3n) is 1.11. The highest BCUT2D eigenvalue weighted by molar-refractivity contribution is 8.19. The minimum Gasteiger partial charge on any atom is -0.308 e. The number of rotatable bonds is 2. The van der Waals surface area contributed by atoms with Crippen molar-refractivity contribution in [2.45, 2.75) is 25.5 Å². The summed E-state index contributed by atoms with van der Waals surface area (Å²) < 4.78 is 25.4. The largest absolute Gasteiger partial charge is 0.308 e. The minimum atomic E-state index is -3.25. The van der Waals surface area contributed by atoms with Crippen molar-refractivity contribution in [3.05, 3.63) is 0 Å². The fraction of sp³-hybridized carbons (Fsp3) is 1.00. The molecule has 0 aromatic heterocycles. The molecular weight excluding hydrogens is 128 g/mol. The monoisotopic (exact) mass is 140 g/mol. The predicted octanol–water partition coefficient (Wildman–Crippen LogP) is 2.01. The Morgan fingerprint density at radius 3 is 1.75 bits per heavy atom. The molecule has 0 fully saturated rings. The van der Waals surface area contributed by atoms with E-state index in [9.17, 15) is 0 Å². The van der Waals surface area contributed by atoms with Crippen LogP contribution in [-0.2, 0) is 0 Å². The molecule has 0 amide bonds. The molecule has 0 aromatic carbocycles. The highest BCUT2D eigenvalue weighted by atomic mass is 32.3. The number of hydrogen-bond donors (Lipinski definition) is 3. The molecule has 0 saturated carbocycles. The van der Waals surface area contributed by atoms with Gasteiger partial charge in [-0.2, -0.15) is 0 Å². The summed E-state index contributed by atoms with van der Waals surface area (Å²) in [7, 11) is -3.25. The van der Waals surface area contributed by atoms with Crippen molar-refractivity contribution in [3.8, 4) is 0 Å². The second-order valence-corrected chi connectivity index (χ2v) is 3.71. The quantitative estimate of drug-likeness (QED) is 0.549. The Bertz CT molecular complexity index is 68.2. The maximum atomic E-state index is 8.48. The van der Waals surface area contributed by atoms with E-state index in [0.717, 1.165) is 0 Å². The van der Waals surface area contributed by atoms with E-state index in [2.05, 4.69) is 0 Å². The molecule has 0 aliphatic rings. The molecule has 0 spiro atoms. The first kappa shape index (κ1) is 8.23. The lowest BCUT2D eigenvalue weighted by molar-refractivity contribution is 0.362. The van der Waals surface area contributed by atoms with Gasteiger partial charge in [0.15, 0.2) is 0 Å². The molecule has 0 saturated heterocycles. The third kappa shape index (κ3) is 2.52. The first-order valence-electron chi connectivity index (χ1n) is 2.48. The van der Waals surface area contributed by atoms with Gasteiger partial charge in [0.2, 0.25) is 0 Å². The second-order valence-electron chi connectivity index (χ2n) is 1.78. The van der Waals surface area contributed by atoms with Gasteiger partial charge in [0.25, 0.3) is 0 Å². The Morgan fingerprint density at radius 1 is 1.38 bits per heavy atom. The van der Waals surface area contributed by atoms with Crippen LogP contribution in [0.2, 0.25) is 0 Å². The van der Waals surface area contributed by atoms with Crippen LogP contribution in [0.25, 0.3) is 0 Å². The molecule has 0 radical (unpaired) electrons. The summed E-state index contributed by atoms with van der Waals surface area (Å²) in [5.41, 5.74) is 0. The fourth-order valence-corrected chi connectivity index (χ4v) is 0.671. The van der Waals surface area contributed by atoms with Gasteiger partial charge in [0.05, 0.1) is 16.1 Å². The van der Waals surface area contributed by atoms with E-state index in [1.165, 1.54) is 0 Å².